The zero-order chi connectivity index (χ0) is 22.1. The van der Waals surface area contributed by atoms with Crippen molar-refractivity contribution in [1.82, 2.24) is 5.32 Å². The number of methoxy groups -OCH3 is 1. The second kappa shape index (κ2) is 11.3. The molecular formula is C21H28F3NO5. The van der Waals surface area contributed by atoms with Crippen LogP contribution in [0.15, 0.2) is 36.1 Å². The number of ether oxygens (including phenoxy) is 3. The molecule has 0 aromatic heterocycles. The molecule has 0 saturated carbocycles. The van der Waals surface area contributed by atoms with Crippen molar-refractivity contribution in [3.8, 4) is 0 Å². The summed E-state index contributed by atoms with van der Waals surface area (Å²) in [5.41, 5.74) is -0.130. The van der Waals surface area contributed by atoms with Crippen LogP contribution in [0.2, 0.25) is 0 Å². The molecule has 1 aliphatic heterocycles. The van der Waals surface area contributed by atoms with E-state index in [0.717, 1.165) is 12.1 Å². The van der Waals surface area contributed by atoms with E-state index >= 15 is 0 Å². The predicted molar refractivity (Wildman–Crippen MR) is 103 cm³/mol. The van der Waals surface area contributed by atoms with Crippen molar-refractivity contribution < 1.29 is 37.3 Å². The van der Waals surface area contributed by atoms with Crippen LogP contribution in [-0.4, -0.2) is 50.8 Å². The second-order valence-electron chi connectivity index (χ2n) is 6.90. The number of allylic oxidation sites excluding steroid dienone is 1. The molecule has 0 fully saturated rings. The molecule has 6 nitrogen and oxygen atoms in total. The van der Waals surface area contributed by atoms with Gasteiger partial charge in [-0.05, 0) is 43.5 Å². The minimum absolute atomic E-state index is 0.0385. The number of rotatable bonds is 10. The molecule has 1 aromatic rings. The van der Waals surface area contributed by atoms with E-state index < -0.39 is 29.9 Å². The lowest BCUT2D eigenvalue weighted by atomic mass is 9.80. The van der Waals surface area contributed by atoms with Crippen LogP contribution in [0.3, 0.4) is 0 Å². The van der Waals surface area contributed by atoms with Crippen LogP contribution in [0.1, 0.15) is 36.8 Å². The van der Waals surface area contributed by atoms with E-state index in [4.69, 9.17) is 14.2 Å². The Labute approximate surface area is 174 Å². The normalized spacial score (nSPS) is 21.7. The van der Waals surface area contributed by atoms with E-state index in [2.05, 4.69) is 5.32 Å². The number of amides is 1. The van der Waals surface area contributed by atoms with Crippen LogP contribution < -0.4 is 5.32 Å². The third kappa shape index (κ3) is 6.45. The summed E-state index contributed by atoms with van der Waals surface area (Å²) < 4.78 is 55.2. The highest BCUT2D eigenvalue weighted by Crippen LogP contribution is 2.40. The van der Waals surface area contributed by atoms with Gasteiger partial charge in [-0.15, -0.1) is 0 Å². The Morgan fingerprint density at radius 2 is 1.97 bits per heavy atom. The van der Waals surface area contributed by atoms with Crippen molar-refractivity contribution in [1.29, 1.82) is 0 Å². The highest BCUT2D eigenvalue weighted by molar-refractivity contribution is 5.91. The molecule has 2 rings (SSSR count). The predicted octanol–water partition coefficient (Wildman–Crippen LogP) is 3.22. The molecule has 30 heavy (non-hydrogen) atoms. The fourth-order valence-corrected chi connectivity index (χ4v) is 3.39. The molecule has 1 heterocycles. The molecule has 1 amide bonds. The standard InChI is InChI=1S/C21H28F3NO5/c1-3-29-20-16(5-4-11-26)17(13-18(30-20)19(27)25-10-12-28-2)14-6-8-15(9-7-14)21(22,23)24/h6-9,13,16-17,20,26H,3-5,10-12H2,1-2H3,(H,25,27)/t16-,17+,20+/m0/s1. The Morgan fingerprint density at radius 3 is 2.53 bits per heavy atom. The lowest BCUT2D eigenvalue weighted by Crippen LogP contribution is -2.39. The molecule has 0 unspecified atom stereocenters. The monoisotopic (exact) mass is 431 g/mol. The van der Waals surface area contributed by atoms with Crippen molar-refractivity contribution in [2.45, 2.75) is 38.1 Å². The maximum atomic E-state index is 12.9. The van der Waals surface area contributed by atoms with Crippen molar-refractivity contribution in [2.24, 2.45) is 5.92 Å². The number of aliphatic hydroxyl groups excluding tert-OH is 1. The van der Waals surface area contributed by atoms with Gasteiger partial charge in [-0.1, -0.05) is 12.1 Å². The summed E-state index contributed by atoms with van der Waals surface area (Å²) in [6.07, 6.45) is -2.59. The molecule has 2 N–H and O–H groups in total. The van der Waals surface area contributed by atoms with E-state index in [0.29, 0.717) is 31.6 Å². The average Bonchev–Trinajstić information content (AvgIpc) is 2.72. The second-order valence-corrected chi connectivity index (χ2v) is 6.90. The number of halogens is 3. The zero-order valence-electron chi connectivity index (χ0n) is 17.1. The van der Waals surface area contributed by atoms with E-state index in [1.165, 1.54) is 19.2 Å². The smallest absolute Gasteiger partial charge is 0.416 e. The Bertz CT molecular complexity index is 706. The molecule has 0 bridgehead atoms. The first-order chi connectivity index (χ1) is 14.3. The van der Waals surface area contributed by atoms with Crippen molar-refractivity contribution >= 4 is 5.91 Å². The van der Waals surface area contributed by atoms with Crippen molar-refractivity contribution in [3.63, 3.8) is 0 Å². The van der Waals surface area contributed by atoms with Gasteiger partial charge in [0.25, 0.3) is 5.91 Å². The van der Waals surface area contributed by atoms with Gasteiger partial charge >= 0.3 is 6.18 Å². The van der Waals surface area contributed by atoms with E-state index in [1.54, 1.807) is 13.0 Å². The van der Waals surface area contributed by atoms with Crippen molar-refractivity contribution in [3.05, 3.63) is 47.2 Å². The van der Waals surface area contributed by atoms with E-state index in [-0.39, 0.29) is 24.8 Å². The van der Waals surface area contributed by atoms with Crippen LogP contribution in [-0.2, 0) is 25.2 Å². The molecule has 0 spiro atoms. The summed E-state index contributed by atoms with van der Waals surface area (Å²) in [6, 6.07) is 4.86. The summed E-state index contributed by atoms with van der Waals surface area (Å²) >= 11 is 0. The van der Waals surface area contributed by atoms with Gasteiger partial charge in [0.15, 0.2) is 5.76 Å². The van der Waals surface area contributed by atoms with Gasteiger partial charge in [0.2, 0.25) is 6.29 Å². The fourth-order valence-electron chi connectivity index (χ4n) is 3.39. The Morgan fingerprint density at radius 1 is 1.27 bits per heavy atom. The lowest BCUT2D eigenvalue weighted by Gasteiger charge is -2.37. The Kier molecular flexibility index (Phi) is 9.13. The average molecular weight is 431 g/mol. The van der Waals surface area contributed by atoms with Crippen LogP contribution in [0.25, 0.3) is 0 Å². The Hall–Kier alpha value is -2.10. The third-order valence-corrected chi connectivity index (χ3v) is 4.85. The number of hydrogen-bond donors (Lipinski definition) is 2. The number of aliphatic hydroxyl groups is 1. The fraction of sp³-hybridized carbons (Fsp3) is 0.571. The highest BCUT2D eigenvalue weighted by atomic mass is 19.4. The van der Waals surface area contributed by atoms with Gasteiger partial charge in [0.05, 0.1) is 12.2 Å². The first-order valence-corrected chi connectivity index (χ1v) is 9.87. The summed E-state index contributed by atoms with van der Waals surface area (Å²) in [7, 11) is 1.51. The topological polar surface area (TPSA) is 77.0 Å². The maximum Gasteiger partial charge on any atom is 0.416 e. The van der Waals surface area contributed by atoms with Crippen LogP contribution >= 0.6 is 0 Å². The minimum Gasteiger partial charge on any atom is -0.459 e. The van der Waals surface area contributed by atoms with Gasteiger partial charge in [0, 0.05) is 38.7 Å². The van der Waals surface area contributed by atoms with E-state index in [9.17, 15) is 23.1 Å². The van der Waals surface area contributed by atoms with Crippen molar-refractivity contribution in [2.75, 3.05) is 33.5 Å². The van der Waals surface area contributed by atoms with E-state index in [1.807, 2.05) is 0 Å². The quantitative estimate of drug-likeness (QED) is 0.557. The summed E-state index contributed by atoms with van der Waals surface area (Å²) in [5, 5.41) is 11.9. The Balaban J connectivity index is 2.36. The highest BCUT2D eigenvalue weighted by Gasteiger charge is 2.38. The van der Waals surface area contributed by atoms with Crippen LogP contribution in [0.5, 0.6) is 0 Å². The van der Waals surface area contributed by atoms with Gasteiger partial charge in [-0.2, -0.15) is 13.2 Å². The molecule has 3 atom stereocenters. The SMILES string of the molecule is CCO[C@@H]1OC(C(=O)NCCOC)=C[C@H](c2ccc(C(F)(F)F)cc2)[C@@H]1CCCO. The first kappa shape index (κ1) is 24.2. The molecule has 0 saturated heterocycles. The van der Waals surface area contributed by atoms with Gasteiger partial charge < -0.3 is 24.6 Å². The maximum absolute atomic E-state index is 12.9. The minimum atomic E-state index is -4.43. The van der Waals surface area contributed by atoms with Gasteiger partial charge in [-0.3, -0.25) is 4.79 Å². The van der Waals surface area contributed by atoms with Crippen LogP contribution in [0, 0.1) is 5.92 Å². The number of nitrogens with one attached hydrogen (secondary N) is 1. The number of carbonyl (C=O) groups excluding carboxylic acids is 1. The molecule has 1 aliphatic rings. The largest absolute Gasteiger partial charge is 0.459 e. The molecular weight excluding hydrogens is 403 g/mol. The third-order valence-electron chi connectivity index (χ3n) is 4.85. The number of alkyl halides is 3. The summed E-state index contributed by atoms with van der Waals surface area (Å²) in [4.78, 5) is 12.5. The summed E-state index contributed by atoms with van der Waals surface area (Å²) in [6.45, 7) is 2.70. The van der Waals surface area contributed by atoms with Gasteiger partial charge in [0.1, 0.15) is 0 Å². The first-order valence-electron chi connectivity index (χ1n) is 9.87. The molecule has 0 radical (unpaired) electrons. The molecule has 1 aromatic carbocycles. The zero-order valence-corrected chi connectivity index (χ0v) is 17.1. The number of benzene rings is 1. The molecule has 0 aliphatic carbocycles. The molecule has 168 valence electrons. The molecule has 9 heteroatoms. The number of hydrogen-bond acceptors (Lipinski definition) is 5. The van der Waals surface area contributed by atoms with Crippen LogP contribution in [0.4, 0.5) is 13.2 Å². The number of carbonyl (C=O) groups is 1. The lowest BCUT2D eigenvalue weighted by molar-refractivity contribution is -0.166. The van der Waals surface area contributed by atoms with Gasteiger partial charge in [-0.25, -0.2) is 0 Å². The summed E-state index contributed by atoms with van der Waals surface area (Å²) in [5.74, 6) is -1.08.